The smallest absolute Gasteiger partial charge is 0.227 e. The van der Waals surface area contributed by atoms with Crippen molar-refractivity contribution in [2.75, 3.05) is 31.1 Å². The van der Waals surface area contributed by atoms with E-state index in [4.69, 9.17) is 0 Å². The standard InChI is InChI=1S/C21H31N5O2/c1-3-19(27)25-13-11-17(15-25)24-21(22-4-2)23-14-16-7-9-18(10-8-16)26-12-5-6-20(26)28/h7-10,17H,3-6,11-15H2,1-2H3,(H2,22,23,24). The Morgan fingerprint density at radius 1 is 1.21 bits per heavy atom. The van der Waals surface area contributed by atoms with E-state index in [1.165, 1.54) is 0 Å². The fourth-order valence-corrected chi connectivity index (χ4v) is 3.71. The van der Waals surface area contributed by atoms with E-state index in [0.717, 1.165) is 56.2 Å². The van der Waals surface area contributed by atoms with E-state index >= 15 is 0 Å². The lowest BCUT2D eigenvalue weighted by molar-refractivity contribution is -0.129. The van der Waals surface area contributed by atoms with Gasteiger partial charge in [0.05, 0.1) is 6.54 Å². The molecule has 7 nitrogen and oxygen atoms in total. The molecule has 0 radical (unpaired) electrons. The number of hydrogen-bond donors (Lipinski definition) is 2. The Morgan fingerprint density at radius 3 is 2.64 bits per heavy atom. The van der Waals surface area contributed by atoms with Crippen LogP contribution in [0.5, 0.6) is 0 Å². The second-order valence-electron chi connectivity index (χ2n) is 7.33. The molecule has 2 amide bonds. The molecule has 0 aromatic heterocycles. The Bertz CT molecular complexity index is 716. The van der Waals surface area contributed by atoms with Gasteiger partial charge in [-0.2, -0.15) is 0 Å². The molecule has 2 N–H and O–H groups in total. The molecule has 1 aromatic carbocycles. The average Bonchev–Trinajstić information content (AvgIpc) is 3.35. The minimum atomic E-state index is 0.205. The number of hydrogen-bond acceptors (Lipinski definition) is 3. The van der Waals surface area contributed by atoms with E-state index in [1.807, 2.05) is 47.9 Å². The molecular formula is C21H31N5O2. The van der Waals surface area contributed by atoms with E-state index in [1.54, 1.807) is 0 Å². The first kappa shape index (κ1) is 20.2. The molecule has 7 heteroatoms. The van der Waals surface area contributed by atoms with Gasteiger partial charge in [0.25, 0.3) is 0 Å². The zero-order valence-electron chi connectivity index (χ0n) is 16.9. The summed E-state index contributed by atoms with van der Waals surface area (Å²) in [5.41, 5.74) is 2.06. The molecule has 1 atom stereocenters. The van der Waals surface area contributed by atoms with Crippen molar-refractivity contribution in [3.63, 3.8) is 0 Å². The Morgan fingerprint density at radius 2 is 2.00 bits per heavy atom. The normalized spacial score (nSPS) is 20.0. The molecule has 2 aliphatic rings. The highest BCUT2D eigenvalue weighted by molar-refractivity contribution is 5.95. The second-order valence-corrected chi connectivity index (χ2v) is 7.33. The van der Waals surface area contributed by atoms with Crippen LogP contribution in [-0.2, 0) is 16.1 Å². The third-order valence-electron chi connectivity index (χ3n) is 5.27. The molecular weight excluding hydrogens is 354 g/mol. The van der Waals surface area contributed by atoms with Crippen LogP contribution in [0, 0.1) is 0 Å². The Kier molecular flexibility index (Phi) is 6.90. The summed E-state index contributed by atoms with van der Waals surface area (Å²) in [6, 6.07) is 8.30. The molecule has 0 bridgehead atoms. The van der Waals surface area contributed by atoms with Gasteiger partial charge in [0.15, 0.2) is 5.96 Å². The molecule has 0 aliphatic carbocycles. The fourth-order valence-electron chi connectivity index (χ4n) is 3.71. The number of carbonyl (C=O) groups excluding carboxylic acids is 2. The van der Waals surface area contributed by atoms with Crippen LogP contribution in [0.3, 0.4) is 0 Å². The number of carbonyl (C=O) groups is 2. The maximum atomic E-state index is 11.9. The summed E-state index contributed by atoms with van der Waals surface area (Å²) in [4.78, 5) is 32.2. The van der Waals surface area contributed by atoms with Crippen LogP contribution < -0.4 is 15.5 Å². The van der Waals surface area contributed by atoms with E-state index in [-0.39, 0.29) is 17.9 Å². The van der Waals surface area contributed by atoms with Crippen LogP contribution in [-0.4, -0.2) is 54.9 Å². The minimum Gasteiger partial charge on any atom is -0.357 e. The van der Waals surface area contributed by atoms with Crippen LogP contribution in [0.25, 0.3) is 0 Å². The highest BCUT2D eigenvalue weighted by Gasteiger charge is 2.25. The van der Waals surface area contributed by atoms with Crippen molar-refractivity contribution < 1.29 is 9.59 Å². The van der Waals surface area contributed by atoms with Crippen molar-refractivity contribution in [1.82, 2.24) is 15.5 Å². The molecule has 2 fully saturated rings. The lowest BCUT2D eigenvalue weighted by Gasteiger charge is -2.19. The summed E-state index contributed by atoms with van der Waals surface area (Å²) in [6.07, 6.45) is 3.08. The zero-order valence-corrected chi connectivity index (χ0v) is 16.9. The monoisotopic (exact) mass is 385 g/mol. The minimum absolute atomic E-state index is 0.205. The van der Waals surface area contributed by atoms with Crippen molar-refractivity contribution in [3.8, 4) is 0 Å². The van der Waals surface area contributed by atoms with Gasteiger partial charge in [-0.1, -0.05) is 19.1 Å². The van der Waals surface area contributed by atoms with E-state index in [0.29, 0.717) is 19.4 Å². The van der Waals surface area contributed by atoms with Gasteiger partial charge in [-0.25, -0.2) is 4.99 Å². The van der Waals surface area contributed by atoms with Crippen LogP contribution in [0.15, 0.2) is 29.3 Å². The van der Waals surface area contributed by atoms with Crippen molar-refractivity contribution in [2.45, 2.75) is 52.1 Å². The quantitative estimate of drug-likeness (QED) is 0.579. The molecule has 28 heavy (non-hydrogen) atoms. The molecule has 2 heterocycles. The van der Waals surface area contributed by atoms with Crippen LogP contribution in [0.1, 0.15) is 45.1 Å². The molecule has 1 aromatic rings. The Balaban J connectivity index is 1.57. The average molecular weight is 386 g/mol. The maximum absolute atomic E-state index is 11.9. The second kappa shape index (κ2) is 9.57. The highest BCUT2D eigenvalue weighted by Crippen LogP contribution is 2.21. The third-order valence-corrected chi connectivity index (χ3v) is 5.27. The van der Waals surface area contributed by atoms with Crippen LogP contribution in [0.2, 0.25) is 0 Å². The van der Waals surface area contributed by atoms with Gasteiger partial charge in [-0.3, -0.25) is 9.59 Å². The summed E-state index contributed by atoms with van der Waals surface area (Å²) in [5, 5.41) is 6.73. The predicted molar refractivity (Wildman–Crippen MR) is 111 cm³/mol. The number of anilines is 1. The van der Waals surface area contributed by atoms with E-state index in [9.17, 15) is 9.59 Å². The van der Waals surface area contributed by atoms with Gasteiger partial charge in [-0.05, 0) is 37.5 Å². The molecule has 2 aliphatic heterocycles. The van der Waals surface area contributed by atoms with Gasteiger partial charge < -0.3 is 20.4 Å². The lowest BCUT2D eigenvalue weighted by atomic mass is 10.2. The number of benzene rings is 1. The topological polar surface area (TPSA) is 77.0 Å². The Labute approximate surface area is 167 Å². The molecule has 0 saturated carbocycles. The highest BCUT2D eigenvalue weighted by atomic mass is 16.2. The molecule has 3 rings (SSSR count). The largest absolute Gasteiger partial charge is 0.357 e. The molecule has 152 valence electrons. The summed E-state index contributed by atoms with van der Waals surface area (Å²) in [5.74, 6) is 1.19. The van der Waals surface area contributed by atoms with Crippen LogP contribution >= 0.6 is 0 Å². The lowest BCUT2D eigenvalue weighted by Crippen LogP contribution is -2.45. The Hall–Kier alpha value is -2.57. The van der Waals surface area contributed by atoms with Gasteiger partial charge in [0.2, 0.25) is 11.8 Å². The number of rotatable bonds is 6. The molecule has 1 unspecified atom stereocenters. The summed E-state index contributed by atoms with van der Waals surface area (Å²) in [6.45, 7) is 7.64. The number of nitrogens with zero attached hydrogens (tertiary/aromatic N) is 3. The first-order valence-electron chi connectivity index (χ1n) is 10.3. The van der Waals surface area contributed by atoms with Gasteiger partial charge in [0, 0.05) is 50.7 Å². The van der Waals surface area contributed by atoms with Crippen molar-refractivity contribution in [3.05, 3.63) is 29.8 Å². The van der Waals surface area contributed by atoms with Crippen molar-refractivity contribution in [2.24, 2.45) is 4.99 Å². The van der Waals surface area contributed by atoms with Crippen molar-refractivity contribution in [1.29, 1.82) is 0 Å². The number of likely N-dealkylation sites (tertiary alicyclic amines) is 1. The number of aliphatic imine (C=N–C) groups is 1. The van der Waals surface area contributed by atoms with E-state index < -0.39 is 0 Å². The summed E-state index contributed by atoms with van der Waals surface area (Å²) >= 11 is 0. The fraction of sp³-hybridized carbons (Fsp3) is 0.571. The predicted octanol–water partition coefficient (Wildman–Crippen LogP) is 1.88. The number of nitrogens with one attached hydrogen (secondary N) is 2. The van der Waals surface area contributed by atoms with Crippen molar-refractivity contribution >= 4 is 23.5 Å². The first-order chi connectivity index (χ1) is 13.6. The summed E-state index contributed by atoms with van der Waals surface area (Å²) in [7, 11) is 0. The first-order valence-corrected chi connectivity index (χ1v) is 10.3. The maximum Gasteiger partial charge on any atom is 0.227 e. The third kappa shape index (κ3) is 5.03. The van der Waals surface area contributed by atoms with Gasteiger partial charge >= 0.3 is 0 Å². The zero-order chi connectivity index (χ0) is 19.9. The molecule has 2 saturated heterocycles. The molecule has 0 spiro atoms. The van der Waals surface area contributed by atoms with Gasteiger partial charge in [-0.15, -0.1) is 0 Å². The number of guanidine groups is 1. The number of amides is 2. The van der Waals surface area contributed by atoms with Crippen LogP contribution in [0.4, 0.5) is 5.69 Å². The summed E-state index contributed by atoms with van der Waals surface area (Å²) < 4.78 is 0. The SMILES string of the molecule is CCNC(=NCc1ccc(N2CCCC2=O)cc1)NC1CCN(C(=O)CC)C1. The van der Waals surface area contributed by atoms with Gasteiger partial charge in [0.1, 0.15) is 0 Å². The van der Waals surface area contributed by atoms with E-state index in [2.05, 4.69) is 15.6 Å².